The van der Waals surface area contributed by atoms with Gasteiger partial charge in [-0.25, -0.2) is 0 Å². The van der Waals surface area contributed by atoms with Crippen LogP contribution in [-0.2, 0) is 9.59 Å². The average Bonchev–Trinajstić information content (AvgIpc) is 3.35. The molecule has 9 nitrogen and oxygen atoms in total. The fraction of sp³-hybridized carbons (Fsp3) is 0.421. The minimum absolute atomic E-state index is 0.0897. The van der Waals surface area contributed by atoms with Crippen molar-refractivity contribution in [1.82, 2.24) is 4.98 Å². The summed E-state index contributed by atoms with van der Waals surface area (Å²) in [5.41, 5.74) is 0.398. The van der Waals surface area contributed by atoms with Gasteiger partial charge in [-0.15, -0.1) is 11.8 Å². The number of ether oxygens (including phenoxy) is 1. The largest absolute Gasteiger partial charge is 0.481 e. The number of non-ortho nitro benzene ring substituents is 1. The molecule has 3 heterocycles. The Morgan fingerprint density at radius 3 is 2.83 bits per heavy atom. The number of fused-ring (bicyclic) bond motifs is 6. The molecule has 2 aliphatic carbocycles. The number of benzene rings is 1. The monoisotopic (exact) mass is 446 g/mol. The molecule has 4 aliphatic rings. The quantitative estimate of drug-likeness (QED) is 0.310. The number of carboxylic acids is 1. The van der Waals surface area contributed by atoms with Gasteiger partial charge in [0.05, 0.1) is 21.8 Å². The molecule has 0 unspecified atom stereocenters. The highest BCUT2D eigenvalue weighted by Gasteiger charge is 2.67. The van der Waals surface area contributed by atoms with Crippen molar-refractivity contribution in [1.29, 1.82) is 0 Å². The molecule has 2 aromatic rings. The molecule has 7 atom stereocenters. The van der Waals surface area contributed by atoms with Crippen LogP contribution in [0.1, 0.15) is 22.8 Å². The van der Waals surface area contributed by atoms with Gasteiger partial charge < -0.3 is 14.8 Å². The van der Waals surface area contributed by atoms with Crippen LogP contribution in [0, 0.1) is 39.7 Å². The van der Waals surface area contributed by atoms with E-state index in [1.54, 1.807) is 0 Å². The molecule has 0 spiro atoms. The summed E-state index contributed by atoms with van der Waals surface area (Å²) >= 11 is 2.55. The second-order valence-corrected chi connectivity index (χ2v) is 10.4. The van der Waals surface area contributed by atoms with Crippen molar-refractivity contribution in [2.45, 2.75) is 22.6 Å². The lowest BCUT2D eigenvalue weighted by molar-refractivity contribution is -0.385. The number of aromatic amines is 1. The summed E-state index contributed by atoms with van der Waals surface area (Å²) in [5.74, 6) is -3.84. The number of esters is 1. The van der Waals surface area contributed by atoms with Gasteiger partial charge in [0.15, 0.2) is 0 Å². The van der Waals surface area contributed by atoms with Crippen LogP contribution in [0.4, 0.5) is 5.69 Å². The Morgan fingerprint density at radius 2 is 2.10 bits per heavy atom. The molecular weight excluding hydrogens is 432 g/mol. The van der Waals surface area contributed by atoms with E-state index in [0.29, 0.717) is 17.0 Å². The van der Waals surface area contributed by atoms with Crippen LogP contribution in [0.3, 0.4) is 0 Å². The highest BCUT2D eigenvalue weighted by molar-refractivity contribution is 8.00. The standard InChI is InChI=1S/C19H14N2O7S2/c22-17(23)12-8-4-7-11-10(15-16(29-14(8)11)20-19(25)30-15)6-3-5(21(26)27)1-2-9(6)28-18(24)13(7)12/h1-3,7-8,10-14H,4H2,(H,20,25)(H,22,23)/t7-,8-,10-,11+,12+,13-,14+/m1/s1. The molecule has 6 rings (SSSR count). The van der Waals surface area contributed by atoms with E-state index in [1.165, 1.54) is 30.0 Å². The molecule has 1 aromatic carbocycles. The number of aliphatic carboxylic acids is 1. The van der Waals surface area contributed by atoms with Gasteiger partial charge in [0, 0.05) is 33.7 Å². The normalized spacial score (nSPS) is 35.1. The summed E-state index contributed by atoms with van der Waals surface area (Å²) in [6, 6.07) is 4.10. The van der Waals surface area contributed by atoms with E-state index < -0.39 is 28.7 Å². The van der Waals surface area contributed by atoms with Gasteiger partial charge in [0.2, 0.25) is 0 Å². The first-order valence-electron chi connectivity index (χ1n) is 9.47. The van der Waals surface area contributed by atoms with Crippen LogP contribution >= 0.6 is 23.1 Å². The van der Waals surface area contributed by atoms with Gasteiger partial charge in [-0.3, -0.25) is 24.5 Å². The minimum atomic E-state index is -1.01. The minimum Gasteiger partial charge on any atom is -0.481 e. The summed E-state index contributed by atoms with van der Waals surface area (Å²) in [6.07, 6.45) is 0.596. The van der Waals surface area contributed by atoms with Gasteiger partial charge in [-0.2, -0.15) is 0 Å². The molecule has 2 aliphatic heterocycles. The van der Waals surface area contributed by atoms with E-state index in [9.17, 15) is 29.6 Å². The number of aromatic nitrogens is 1. The van der Waals surface area contributed by atoms with Crippen molar-refractivity contribution >= 4 is 40.7 Å². The zero-order chi connectivity index (χ0) is 20.9. The molecule has 2 saturated carbocycles. The lowest BCUT2D eigenvalue weighted by atomic mass is 9.66. The molecule has 1 aromatic heterocycles. The Kier molecular flexibility index (Phi) is 3.59. The fourth-order valence-corrected chi connectivity index (χ4v) is 8.98. The molecule has 11 heteroatoms. The number of nitro groups is 1. The van der Waals surface area contributed by atoms with E-state index >= 15 is 0 Å². The average molecular weight is 446 g/mol. The highest BCUT2D eigenvalue weighted by Crippen LogP contribution is 2.68. The van der Waals surface area contributed by atoms with Crippen LogP contribution < -0.4 is 9.61 Å². The van der Waals surface area contributed by atoms with Crippen LogP contribution in [0.5, 0.6) is 5.75 Å². The molecular formula is C19H14N2O7S2. The smallest absolute Gasteiger partial charge is 0.315 e. The van der Waals surface area contributed by atoms with Crippen molar-refractivity contribution in [2.75, 3.05) is 0 Å². The van der Waals surface area contributed by atoms with Crippen LogP contribution in [0.25, 0.3) is 0 Å². The van der Waals surface area contributed by atoms with Gasteiger partial charge in [-0.05, 0) is 30.2 Å². The number of carbonyl (C=O) groups is 2. The van der Waals surface area contributed by atoms with Crippen molar-refractivity contribution in [3.63, 3.8) is 0 Å². The van der Waals surface area contributed by atoms with Gasteiger partial charge in [-0.1, -0.05) is 11.3 Å². The third-order valence-corrected chi connectivity index (χ3v) is 9.61. The summed E-state index contributed by atoms with van der Waals surface area (Å²) in [6.45, 7) is 0. The molecule has 2 fully saturated rings. The number of hydrogen-bond donors (Lipinski definition) is 2. The third-order valence-electron chi connectivity index (χ3n) is 7.02. The van der Waals surface area contributed by atoms with Crippen molar-refractivity contribution in [3.05, 3.63) is 48.4 Å². The highest BCUT2D eigenvalue weighted by atomic mass is 32.2. The first-order chi connectivity index (χ1) is 14.3. The van der Waals surface area contributed by atoms with E-state index in [0.717, 1.165) is 16.2 Å². The first kappa shape index (κ1) is 18.1. The number of carbonyl (C=O) groups excluding carboxylic acids is 1. The van der Waals surface area contributed by atoms with E-state index in [4.69, 9.17) is 4.74 Å². The Balaban J connectivity index is 1.63. The van der Waals surface area contributed by atoms with E-state index in [1.807, 2.05) is 0 Å². The lowest BCUT2D eigenvalue weighted by Gasteiger charge is -2.45. The number of rotatable bonds is 2. The second-order valence-electron chi connectivity index (χ2n) is 8.20. The number of nitrogens with zero attached hydrogens (tertiary/aromatic N) is 1. The molecule has 154 valence electrons. The van der Waals surface area contributed by atoms with E-state index in [2.05, 4.69) is 4.98 Å². The van der Waals surface area contributed by atoms with Crippen LogP contribution in [0.15, 0.2) is 28.0 Å². The third kappa shape index (κ3) is 2.21. The molecule has 0 saturated heterocycles. The number of carboxylic acid groups (broad SMARTS) is 1. The van der Waals surface area contributed by atoms with Gasteiger partial charge in [0.25, 0.3) is 5.69 Å². The number of thiazole rings is 1. The molecule has 2 bridgehead atoms. The van der Waals surface area contributed by atoms with Gasteiger partial charge >= 0.3 is 16.8 Å². The van der Waals surface area contributed by atoms with E-state index in [-0.39, 0.29) is 45.2 Å². The number of nitro benzene ring substituents is 1. The Hall–Kier alpha value is -2.66. The summed E-state index contributed by atoms with van der Waals surface area (Å²) < 4.78 is 5.63. The number of hydrogen-bond acceptors (Lipinski definition) is 8. The van der Waals surface area contributed by atoms with Crippen molar-refractivity contribution in [3.8, 4) is 5.75 Å². The first-order valence-corrected chi connectivity index (χ1v) is 11.2. The fourth-order valence-electron chi connectivity index (χ4n) is 6.10. The predicted octanol–water partition coefficient (Wildman–Crippen LogP) is 2.45. The predicted molar refractivity (Wildman–Crippen MR) is 105 cm³/mol. The Bertz CT molecular complexity index is 1200. The summed E-state index contributed by atoms with van der Waals surface area (Å²) in [5, 5.41) is 21.9. The summed E-state index contributed by atoms with van der Waals surface area (Å²) in [4.78, 5) is 51.5. The van der Waals surface area contributed by atoms with Crippen molar-refractivity contribution < 1.29 is 24.4 Å². The number of H-pyrrole nitrogens is 1. The molecule has 2 N–H and O–H groups in total. The summed E-state index contributed by atoms with van der Waals surface area (Å²) in [7, 11) is 0. The SMILES string of the molecule is O=C1Oc2ccc([N+](=O)[O-])cc2[C@H]2c3sc(=O)[nH]c3S[C@H]3[C@@H]4C[C@@H]([C@@H]1[C@H]4C(=O)O)[C@@H]23. The maximum Gasteiger partial charge on any atom is 0.315 e. The number of thioether (sulfide) groups is 1. The maximum absolute atomic E-state index is 13.0. The van der Waals surface area contributed by atoms with Crippen molar-refractivity contribution in [2.24, 2.45) is 29.6 Å². The number of nitrogens with one attached hydrogen (secondary N) is 1. The molecule has 0 amide bonds. The second kappa shape index (κ2) is 5.94. The van der Waals surface area contributed by atoms with Gasteiger partial charge in [0.1, 0.15) is 5.75 Å². The topological polar surface area (TPSA) is 140 Å². The zero-order valence-electron chi connectivity index (χ0n) is 15.1. The Labute approximate surface area is 176 Å². The zero-order valence-corrected chi connectivity index (χ0v) is 16.8. The molecule has 30 heavy (non-hydrogen) atoms. The van der Waals surface area contributed by atoms with Crippen LogP contribution in [-0.4, -0.2) is 32.2 Å². The Morgan fingerprint density at radius 1 is 1.30 bits per heavy atom. The van der Waals surface area contributed by atoms with Crippen LogP contribution in [0.2, 0.25) is 0 Å². The lowest BCUT2D eigenvalue weighted by Crippen LogP contribution is -2.49. The maximum atomic E-state index is 13.0. The molecule has 0 radical (unpaired) electrons.